The largest absolute Gasteiger partial charge is 0.416 e. The van der Waals surface area contributed by atoms with Gasteiger partial charge in [0.1, 0.15) is 5.82 Å². The SMILES string of the molecule is CC(=O)N[C@H]1CCN(c2cc(-c3ccccc3Cl)c(N(C)C(=O)C(C)(C)c3cc(C(F)(F)F)cc(C(F)(F)F)c3)cn2)C1. The van der Waals surface area contributed by atoms with Crippen LogP contribution in [0, 0.1) is 0 Å². The van der Waals surface area contributed by atoms with Gasteiger partial charge in [0.2, 0.25) is 11.8 Å². The van der Waals surface area contributed by atoms with Crippen molar-refractivity contribution < 1.29 is 35.9 Å². The fourth-order valence-electron chi connectivity index (χ4n) is 5.11. The Labute approximate surface area is 249 Å². The fraction of sp³-hybridized carbons (Fsp3) is 0.367. The van der Waals surface area contributed by atoms with Gasteiger partial charge in [0.25, 0.3) is 0 Å². The van der Waals surface area contributed by atoms with Crippen molar-refractivity contribution >= 4 is 34.9 Å². The van der Waals surface area contributed by atoms with Crippen LogP contribution in [0.4, 0.5) is 37.8 Å². The van der Waals surface area contributed by atoms with E-state index in [4.69, 9.17) is 11.6 Å². The summed E-state index contributed by atoms with van der Waals surface area (Å²) in [5.41, 5.74) is -4.01. The summed E-state index contributed by atoms with van der Waals surface area (Å²) in [6.07, 6.45) is -8.02. The van der Waals surface area contributed by atoms with Gasteiger partial charge < -0.3 is 15.1 Å². The molecule has 1 fully saturated rings. The molecule has 1 aromatic heterocycles. The molecule has 1 aliphatic heterocycles. The van der Waals surface area contributed by atoms with Crippen molar-refractivity contribution in [1.82, 2.24) is 10.3 Å². The molecule has 6 nitrogen and oxygen atoms in total. The molecule has 43 heavy (non-hydrogen) atoms. The smallest absolute Gasteiger partial charge is 0.354 e. The topological polar surface area (TPSA) is 65.5 Å². The molecule has 13 heteroatoms. The lowest BCUT2D eigenvalue weighted by molar-refractivity contribution is -0.143. The van der Waals surface area contributed by atoms with Crippen LogP contribution in [0.5, 0.6) is 0 Å². The van der Waals surface area contributed by atoms with Gasteiger partial charge in [-0.05, 0) is 56.2 Å². The summed E-state index contributed by atoms with van der Waals surface area (Å²) in [6, 6.07) is 9.62. The standard InChI is InChI=1S/C30H29ClF6N4O2/c1-17(42)39-21-9-10-41(16-21)26-14-23(22-7-5-6-8-24(22)31)25(15-38-26)40(4)27(43)28(2,3)18-11-19(29(32,33)34)13-20(12-18)30(35,36)37/h5-8,11-15,21H,9-10,16H2,1-4H3,(H,39,42)/t21-/m0/s1. The lowest BCUT2D eigenvalue weighted by atomic mass is 9.81. The second-order valence-corrected chi connectivity index (χ2v) is 11.4. The number of likely N-dealkylation sites (N-methyl/N-ethyl adjacent to an activating group) is 1. The van der Waals surface area contributed by atoms with E-state index < -0.39 is 40.4 Å². The molecule has 2 amide bonds. The van der Waals surface area contributed by atoms with Crippen LogP contribution in [0.25, 0.3) is 11.1 Å². The second kappa shape index (κ2) is 11.7. The van der Waals surface area contributed by atoms with Gasteiger partial charge in [0.15, 0.2) is 0 Å². The van der Waals surface area contributed by atoms with Gasteiger partial charge in [0.05, 0.1) is 28.4 Å². The van der Waals surface area contributed by atoms with Crippen LogP contribution < -0.4 is 15.1 Å². The van der Waals surface area contributed by atoms with Gasteiger partial charge in [-0.15, -0.1) is 0 Å². The Kier molecular flexibility index (Phi) is 8.74. The van der Waals surface area contributed by atoms with Crippen LogP contribution in [0.1, 0.15) is 43.9 Å². The first kappa shape index (κ1) is 32.1. The highest BCUT2D eigenvalue weighted by Gasteiger charge is 2.41. The van der Waals surface area contributed by atoms with Gasteiger partial charge >= 0.3 is 12.4 Å². The quantitative estimate of drug-likeness (QED) is 0.297. The molecule has 1 N–H and O–H groups in total. The highest BCUT2D eigenvalue weighted by Crippen LogP contribution is 2.42. The average Bonchev–Trinajstić information content (AvgIpc) is 3.38. The zero-order chi connectivity index (χ0) is 31.9. The minimum Gasteiger partial charge on any atom is -0.354 e. The maximum Gasteiger partial charge on any atom is 0.416 e. The number of benzene rings is 2. The molecule has 0 saturated carbocycles. The Morgan fingerprint density at radius 2 is 1.53 bits per heavy atom. The van der Waals surface area contributed by atoms with E-state index in [9.17, 15) is 35.9 Å². The number of anilines is 2. The van der Waals surface area contributed by atoms with Crippen LogP contribution in [-0.2, 0) is 27.4 Å². The van der Waals surface area contributed by atoms with Crippen LogP contribution in [0.15, 0.2) is 54.7 Å². The van der Waals surface area contributed by atoms with Gasteiger partial charge in [-0.2, -0.15) is 26.3 Å². The number of rotatable bonds is 6. The van der Waals surface area contributed by atoms with Crippen molar-refractivity contribution in [2.75, 3.05) is 29.9 Å². The summed E-state index contributed by atoms with van der Waals surface area (Å²) in [5.74, 6) is -0.383. The van der Waals surface area contributed by atoms with Gasteiger partial charge in [0, 0.05) is 49.3 Å². The predicted octanol–water partition coefficient (Wildman–Crippen LogP) is 7.10. The number of pyridine rings is 1. The summed E-state index contributed by atoms with van der Waals surface area (Å²) in [5, 5.41) is 3.23. The van der Waals surface area contributed by atoms with E-state index in [-0.39, 0.29) is 23.7 Å². The average molecular weight is 627 g/mol. The molecule has 2 aromatic carbocycles. The molecule has 4 rings (SSSR count). The van der Waals surface area contributed by atoms with Crippen LogP contribution in [0.2, 0.25) is 5.02 Å². The molecule has 0 spiro atoms. The first-order valence-corrected chi connectivity index (χ1v) is 13.6. The van der Waals surface area contributed by atoms with Crippen LogP contribution in [-0.4, -0.2) is 43.0 Å². The van der Waals surface area contributed by atoms with E-state index in [0.29, 0.717) is 53.6 Å². The van der Waals surface area contributed by atoms with Gasteiger partial charge in [-0.25, -0.2) is 4.98 Å². The molecular weight excluding hydrogens is 598 g/mol. The van der Waals surface area contributed by atoms with Crippen molar-refractivity contribution in [3.05, 3.63) is 76.4 Å². The lowest BCUT2D eigenvalue weighted by Gasteiger charge is -2.32. The monoisotopic (exact) mass is 626 g/mol. The van der Waals surface area contributed by atoms with E-state index in [2.05, 4.69) is 10.3 Å². The van der Waals surface area contributed by atoms with Crippen molar-refractivity contribution in [1.29, 1.82) is 0 Å². The molecule has 3 aromatic rings. The summed E-state index contributed by atoms with van der Waals surface area (Å²) in [7, 11) is 1.38. The zero-order valence-corrected chi connectivity index (χ0v) is 24.5. The number of aromatic nitrogens is 1. The normalized spacial score (nSPS) is 15.9. The molecule has 0 unspecified atom stereocenters. The third kappa shape index (κ3) is 6.90. The molecule has 1 saturated heterocycles. The molecule has 1 atom stereocenters. The number of amides is 2. The van der Waals surface area contributed by atoms with E-state index in [0.717, 1.165) is 4.90 Å². The maximum absolute atomic E-state index is 13.9. The zero-order valence-electron chi connectivity index (χ0n) is 23.7. The number of nitrogens with zero attached hydrogens (tertiary/aromatic N) is 3. The molecule has 0 bridgehead atoms. The van der Waals surface area contributed by atoms with E-state index in [1.165, 1.54) is 34.0 Å². The first-order chi connectivity index (χ1) is 19.9. The number of nitrogens with one attached hydrogen (secondary N) is 1. The van der Waals surface area contributed by atoms with E-state index in [1.807, 2.05) is 4.90 Å². The lowest BCUT2D eigenvalue weighted by Crippen LogP contribution is -2.42. The molecule has 0 aliphatic carbocycles. The summed E-state index contributed by atoms with van der Waals surface area (Å²) >= 11 is 6.52. The Balaban J connectivity index is 1.77. The minimum atomic E-state index is -5.06. The van der Waals surface area contributed by atoms with Gasteiger partial charge in [-0.1, -0.05) is 29.8 Å². The minimum absolute atomic E-state index is 0.0285. The fourth-order valence-corrected chi connectivity index (χ4v) is 5.35. The molecule has 230 valence electrons. The molecular formula is C30H29ClF6N4O2. The van der Waals surface area contributed by atoms with Gasteiger partial charge in [-0.3, -0.25) is 9.59 Å². The number of hydrogen-bond acceptors (Lipinski definition) is 4. The summed E-state index contributed by atoms with van der Waals surface area (Å²) in [4.78, 5) is 33.0. The Morgan fingerprint density at radius 3 is 2.09 bits per heavy atom. The summed E-state index contributed by atoms with van der Waals surface area (Å²) in [6.45, 7) is 5.06. The number of carbonyl (C=O) groups excluding carboxylic acids is 2. The maximum atomic E-state index is 13.9. The Morgan fingerprint density at radius 1 is 0.953 bits per heavy atom. The van der Waals surface area contributed by atoms with E-state index in [1.54, 1.807) is 30.3 Å². The van der Waals surface area contributed by atoms with Crippen molar-refractivity contribution in [2.45, 2.75) is 51.0 Å². The van der Waals surface area contributed by atoms with Crippen LogP contribution in [0.3, 0.4) is 0 Å². The van der Waals surface area contributed by atoms with Crippen molar-refractivity contribution in [3.8, 4) is 11.1 Å². The third-order valence-corrected chi connectivity index (χ3v) is 7.79. The second-order valence-electron chi connectivity index (χ2n) is 11.0. The number of hydrogen-bond donors (Lipinski definition) is 1. The van der Waals surface area contributed by atoms with E-state index >= 15 is 0 Å². The first-order valence-electron chi connectivity index (χ1n) is 13.2. The molecule has 0 radical (unpaired) electrons. The Hall–Kier alpha value is -3.80. The Bertz CT molecular complexity index is 1510. The highest BCUT2D eigenvalue weighted by molar-refractivity contribution is 6.33. The number of halogens is 7. The number of alkyl halides is 6. The van der Waals surface area contributed by atoms with Crippen molar-refractivity contribution in [3.63, 3.8) is 0 Å². The number of carbonyl (C=O) groups is 2. The van der Waals surface area contributed by atoms with Crippen LogP contribution >= 0.6 is 11.6 Å². The predicted molar refractivity (Wildman–Crippen MR) is 152 cm³/mol. The highest BCUT2D eigenvalue weighted by atomic mass is 35.5. The summed E-state index contributed by atoms with van der Waals surface area (Å²) < 4.78 is 81.4. The molecule has 2 heterocycles. The molecule has 1 aliphatic rings. The third-order valence-electron chi connectivity index (χ3n) is 7.46. The van der Waals surface area contributed by atoms with Crippen molar-refractivity contribution in [2.24, 2.45) is 0 Å².